The van der Waals surface area contributed by atoms with Gasteiger partial charge in [-0.05, 0) is 44.5 Å². The number of aliphatic carboxylic acids is 1. The van der Waals surface area contributed by atoms with Crippen LogP contribution in [0, 0.1) is 0 Å². The summed E-state index contributed by atoms with van der Waals surface area (Å²) in [6, 6.07) is 16.5. The van der Waals surface area contributed by atoms with Crippen LogP contribution in [0.4, 0.5) is 5.69 Å². The zero-order valence-electron chi connectivity index (χ0n) is 18.8. The van der Waals surface area contributed by atoms with E-state index in [2.05, 4.69) is 47.3 Å². The predicted molar refractivity (Wildman–Crippen MR) is 127 cm³/mol. The van der Waals surface area contributed by atoms with Crippen LogP contribution in [0.15, 0.2) is 54.7 Å². The number of rotatable bonds is 8. The standard InChI is InChI=1S/C25H27N5O3/c1-3-29-23-13-18(9-10-19(23)15-26-29)24-14-20(16-33-17(2)25(31)32)27-30(24)22-8-5-4-7-21(22)28-11-6-12-28/h4-5,7-10,13-15,17H,3,6,11-12,16H2,1-2H3,(H,31,32). The third kappa shape index (κ3) is 3.98. The first-order valence-corrected chi connectivity index (χ1v) is 11.3. The van der Waals surface area contributed by atoms with Gasteiger partial charge in [-0.15, -0.1) is 0 Å². The van der Waals surface area contributed by atoms with Crippen molar-refractivity contribution in [2.24, 2.45) is 0 Å². The number of hydrogen-bond acceptors (Lipinski definition) is 5. The maximum Gasteiger partial charge on any atom is 0.332 e. The number of carboxylic acids is 1. The molecule has 4 aromatic rings. The molecule has 1 fully saturated rings. The summed E-state index contributed by atoms with van der Waals surface area (Å²) in [5, 5.41) is 19.6. The van der Waals surface area contributed by atoms with Crippen LogP contribution in [0.3, 0.4) is 0 Å². The summed E-state index contributed by atoms with van der Waals surface area (Å²) < 4.78 is 9.46. The Morgan fingerprint density at radius 1 is 1.15 bits per heavy atom. The Balaban J connectivity index is 1.61. The van der Waals surface area contributed by atoms with Crippen molar-refractivity contribution in [3.63, 3.8) is 0 Å². The van der Waals surface area contributed by atoms with Gasteiger partial charge in [-0.3, -0.25) is 4.68 Å². The van der Waals surface area contributed by atoms with Gasteiger partial charge in [0.25, 0.3) is 0 Å². The molecule has 8 nitrogen and oxygen atoms in total. The summed E-state index contributed by atoms with van der Waals surface area (Å²) in [5.74, 6) is -0.990. The minimum atomic E-state index is -0.990. The van der Waals surface area contributed by atoms with Crippen LogP contribution in [-0.4, -0.2) is 49.8 Å². The predicted octanol–water partition coefficient (Wildman–Crippen LogP) is 4.11. The van der Waals surface area contributed by atoms with E-state index in [4.69, 9.17) is 9.84 Å². The van der Waals surface area contributed by atoms with Gasteiger partial charge in [0, 0.05) is 30.6 Å². The highest BCUT2D eigenvalue weighted by molar-refractivity contribution is 5.84. The molecule has 0 bridgehead atoms. The summed E-state index contributed by atoms with van der Waals surface area (Å²) in [5.41, 5.74) is 5.82. The van der Waals surface area contributed by atoms with Gasteiger partial charge in [0.05, 0.1) is 41.1 Å². The van der Waals surface area contributed by atoms with Gasteiger partial charge >= 0.3 is 5.97 Å². The van der Waals surface area contributed by atoms with E-state index in [1.807, 2.05) is 33.8 Å². The molecule has 0 radical (unpaired) electrons. The number of para-hydroxylation sites is 2. The smallest absolute Gasteiger partial charge is 0.332 e. The summed E-state index contributed by atoms with van der Waals surface area (Å²) in [6.07, 6.45) is 2.16. The number of nitrogens with zero attached hydrogens (tertiary/aromatic N) is 5. The van der Waals surface area contributed by atoms with E-state index in [0.29, 0.717) is 5.69 Å². The second kappa shape index (κ2) is 8.71. The molecule has 5 rings (SSSR count). The zero-order valence-corrected chi connectivity index (χ0v) is 18.8. The van der Waals surface area contributed by atoms with Gasteiger partial charge in [-0.1, -0.05) is 24.3 Å². The van der Waals surface area contributed by atoms with Gasteiger partial charge in [0.15, 0.2) is 6.10 Å². The van der Waals surface area contributed by atoms with E-state index < -0.39 is 12.1 Å². The third-order valence-electron chi connectivity index (χ3n) is 6.14. The first-order chi connectivity index (χ1) is 16.0. The van der Waals surface area contributed by atoms with E-state index in [1.54, 1.807) is 0 Å². The lowest BCUT2D eigenvalue weighted by Gasteiger charge is -2.34. The fourth-order valence-electron chi connectivity index (χ4n) is 4.12. The Labute approximate surface area is 192 Å². The largest absolute Gasteiger partial charge is 0.479 e. The highest BCUT2D eigenvalue weighted by Crippen LogP contribution is 2.33. The Kier molecular flexibility index (Phi) is 5.60. The second-order valence-corrected chi connectivity index (χ2v) is 8.29. The van der Waals surface area contributed by atoms with Crippen LogP contribution in [0.1, 0.15) is 26.0 Å². The molecule has 1 atom stereocenters. The molecule has 0 spiro atoms. The maximum absolute atomic E-state index is 11.2. The van der Waals surface area contributed by atoms with Gasteiger partial charge in [0.2, 0.25) is 0 Å². The number of hydrogen-bond donors (Lipinski definition) is 1. The first kappa shape index (κ1) is 21.2. The number of fused-ring (bicyclic) bond motifs is 1. The monoisotopic (exact) mass is 445 g/mol. The SMILES string of the molecule is CCn1ncc2ccc(-c3cc(COC(C)C(=O)O)nn3-c3ccccc3N3CCC3)cc21. The van der Waals surface area contributed by atoms with E-state index in [9.17, 15) is 9.90 Å². The molecular weight excluding hydrogens is 418 g/mol. The summed E-state index contributed by atoms with van der Waals surface area (Å²) in [7, 11) is 0. The van der Waals surface area contributed by atoms with Gasteiger partial charge in [0.1, 0.15) is 0 Å². The molecule has 3 heterocycles. The Morgan fingerprint density at radius 2 is 1.94 bits per heavy atom. The lowest BCUT2D eigenvalue weighted by atomic mass is 10.1. The maximum atomic E-state index is 11.2. The van der Waals surface area contributed by atoms with Crippen LogP contribution in [0.25, 0.3) is 27.8 Å². The number of aromatic nitrogens is 4. The molecule has 2 aromatic carbocycles. The van der Waals surface area contributed by atoms with Gasteiger partial charge in [-0.25, -0.2) is 9.48 Å². The van der Waals surface area contributed by atoms with Crippen molar-refractivity contribution in [1.29, 1.82) is 0 Å². The number of carboxylic acid groups (broad SMARTS) is 1. The average molecular weight is 446 g/mol. The van der Waals surface area contributed by atoms with Crippen molar-refractivity contribution in [2.45, 2.75) is 39.5 Å². The topological polar surface area (TPSA) is 85.4 Å². The molecule has 1 saturated heterocycles. The fraction of sp³-hybridized carbons (Fsp3) is 0.320. The molecule has 1 aliphatic heterocycles. The van der Waals surface area contributed by atoms with E-state index >= 15 is 0 Å². The van der Waals surface area contributed by atoms with Crippen molar-refractivity contribution in [1.82, 2.24) is 19.6 Å². The highest BCUT2D eigenvalue weighted by atomic mass is 16.5. The molecule has 1 N–H and O–H groups in total. The lowest BCUT2D eigenvalue weighted by Crippen LogP contribution is -2.37. The van der Waals surface area contributed by atoms with Crippen LogP contribution in [-0.2, 0) is 22.7 Å². The van der Waals surface area contributed by atoms with E-state index in [-0.39, 0.29) is 6.61 Å². The summed E-state index contributed by atoms with van der Waals surface area (Å²) >= 11 is 0. The van der Waals surface area contributed by atoms with Crippen molar-refractivity contribution >= 4 is 22.6 Å². The number of aryl methyl sites for hydroxylation is 1. The molecule has 170 valence electrons. The van der Waals surface area contributed by atoms with Crippen molar-refractivity contribution in [2.75, 3.05) is 18.0 Å². The summed E-state index contributed by atoms with van der Waals surface area (Å²) in [4.78, 5) is 13.5. The van der Waals surface area contributed by atoms with Crippen LogP contribution in [0.5, 0.6) is 0 Å². The molecule has 1 unspecified atom stereocenters. The molecule has 33 heavy (non-hydrogen) atoms. The summed E-state index contributed by atoms with van der Waals surface area (Å²) in [6.45, 7) is 6.57. The van der Waals surface area contributed by atoms with Crippen LogP contribution < -0.4 is 4.90 Å². The van der Waals surface area contributed by atoms with E-state index in [0.717, 1.165) is 53.2 Å². The minimum absolute atomic E-state index is 0.120. The van der Waals surface area contributed by atoms with Gasteiger partial charge < -0.3 is 14.7 Å². The molecule has 1 aliphatic rings. The fourth-order valence-corrected chi connectivity index (χ4v) is 4.12. The third-order valence-corrected chi connectivity index (χ3v) is 6.14. The Hall–Kier alpha value is -3.65. The average Bonchev–Trinajstić information content (AvgIpc) is 3.40. The Bertz CT molecular complexity index is 1300. The normalized spacial score (nSPS) is 14.4. The molecular formula is C25H27N5O3. The minimum Gasteiger partial charge on any atom is -0.479 e. The number of anilines is 1. The molecule has 0 aliphatic carbocycles. The van der Waals surface area contributed by atoms with E-state index in [1.165, 1.54) is 13.3 Å². The van der Waals surface area contributed by atoms with Crippen molar-refractivity contribution in [3.05, 3.63) is 60.4 Å². The first-order valence-electron chi connectivity index (χ1n) is 11.3. The number of benzene rings is 2. The van der Waals surface area contributed by atoms with Crippen molar-refractivity contribution in [3.8, 4) is 16.9 Å². The number of ether oxygens (including phenoxy) is 1. The molecule has 2 aromatic heterocycles. The molecule has 0 amide bonds. The second-order valence-electron chi connectivity index (χ2n) is 8.29. The van der Waals surface area contributed by atoms with Crippen LogP contribution >= 0.6 is 0 Å². The van der Waals surface area contributed by atoms with Crippen LogP contribution in [0.2, 0.25) is 0 Å². The van der Waals surface area contributed by atoms with Gasteiger partial charge in [-0.2, -0.15) is 10.2 Å². The highest BCUT2D eigenvalue weighted by Gasteiger charge is 2.22. The molecule has 8 heteroatoms. The Morgan fingerprint density at radius 3 is 2.64 bits per heavy atom. The lowest BCUT2D eigenvalue weighted by molar-refractivity contribution is -0.149. The molecule has 0 saturated carbocycles. The van der Waals surface area contributed by atoms with Crippen molar-refractivity contribution < 1.29 is 14.6 Å². The number of carbonyl (C=O) groups is 1. The zero-order chi connectivity index (χ0) is 22.9. The quantitative estimate of drug-likeness (QED) is 0.439.